The third-order valence-corrected chi connectivity index (χ3v) is 6.41. The molecule has 0 spiro atoms. The third kappa shape index (κ3) is 6.33. The van der Waals surface area contributed by atoms with Crippen LogP contribution in [0.15, 0.2) is 35.3 Å². The average Bonchev–Trinajstić information content (AvgIpc) is 3.39. The smallest absolute Gasteiger partial charge is 0.435 e. The zero-order chi connectivity index (χ0) is 25.9. The van der Waals surface area contributed by atoms with Crippen molar-refractivity contribution in [1.82, 2.24) is 20.3 Å². The van der Waals surface area contributed by atoms with Crippen LogP contribution >= 0.6 is 0 Å². The summed E-state index contributed by atoms with van der Waals surface area (Å²) in [4.78, 5) is 56.7. The average molecular weight is 502 g/mol. The lowest BCUT2D eigenvalue weighted by Crippen LogP contribution is -2.50. The number of piperidine rings is 1. The molecular formula is C25H35N5O6. The van der Waals surface area contributed by atoms with Crippen LogP contribution in [0.1, 0.15) is 52.5 Å². The van der Waals surface area contributed by atoms with E-state index in [4.69, 9.17) is 14.4 Å². The van der Waals surface area contributed by atoms with Gasteiger partial charge in [-0.05, 0) is 52.5 Å². The lowest BCUT2D eigenvalue weighted by atomic mass is 10.0. The van der Waals surface area contributed by atoms with Gasteiger partial charge in [-0.2, -0.15) is 10.1 Å². The molecule has 3 atom stereocenters. The van der Waals surface area contributed by atoms with Gasteiger partial charge in [0.1, 0.15) is 30.2 Å². The summed E-state index contributed by atoms with van der Waals surface area (Å²) in [6, 6.07) is 8.68. The highest BCUT2D eigenvalue weighted by Gasteiger charge is 2.48. The predicted octanol–water partition coefficient (Wildman–Crippen LogP) is 2.86. The Kier molecular flexibility index (Phi) is 7.79. The molecule has 36 heavy (non-hydrogen) atoms. The lowest BCUT2D eigenvalue weighted by Gasteiger charge is -2.29. The number of aliphatic imine (C=N–C) groups is 1. The quantitative estimate of drug-likeness (QED) is 0.362. The van der Waals surface area contributed by atoms with Gasteiger partial charge in [0.05, 0.1) is 6.04 Å². The van der Waals surface area contributed by atoms with Gasteiger partial charge in [0.15, 0.2) is 0 Å². The fraction of sp³-hybridized carbons (Fsp3) is 0.600. The van der Waals surface area contributed by atoms with E-state index in [1.807, 2.05) is 35.2 Å². The van der Waals surface area contributed by atoms with Crippen molar-refractivity contribution in [2.75, 3.05) is 19.6 Å². The number of hydrogen-bond donors (Lipinski definition) is 1. The SMILES string of the molecule is CC(=NC(=O)OC(C)(C)C)N1CCC(ONC(=O)[C@@H]2CC[C@@H]3CN2C(=O)N3OCc2ccccc2)C1. The summed E-state index contributed by atoms with van der Waals surface area (Å²) in [6.45, 7) is 8.97. The van der Waals surface area contributed by atoms with Crippen molar-refractivity contribution in [2.45, 2.75) is 77.4 Å². The number of amides is 4. The molecule has 0 saturated carbocycles. The fourth-order valence-corrected chi connectivity index (χ4v) is 4.60. The Hall–Kier alpha value is -3.18. The highest BCUT2D eigenvalue weighted by molar-refractivity contribution is 5.90. The van der Waals surface area contributed by atoms with Gasteiger partial charge in [-0.1, -0.05) is 30.3 Å². The van der Waals surface area contributed by atoms with Crippen molar-refractivity contribution in [2.24, 2.45) is 4.99 Å². The highest BCUT2D eigenvalue weighted by atomic mass is 16.7. The minimum Gasteiger partial charge on any atom is -0.442 e. The van der Waals surface area contributed by atoms with Gasteiger partial charge in [0, 0.05) is 19.6 Å². The van der Waals surface area contributed by atoms with Gasteiger partial charge in [-0.3, -0.25) is 14.5 Å². The maximum Gasteiger partial charge on any atom is 0.435 e. The molecule has 4 rings (SSSR count). The Morgan fingerprint density at radius 1 is 1.11 bits per heavy atom. The van der Waals surface area contributed by atoms with Crippen molar-refractivity contribution < 1.29 is 28.8 Å². The van der Waals surface area contributed by atoms with Crippen LogP contribution in [-0.2, 0) is 25.8 Å². The number of nitrogens with one attached hydrogen (secondary N) is 1. The Balaban J connectivity index is 1.24. The first-order valence-electron chi connectivity index (χ1n) is 12.4. The van der Waals surface area contributed by atoms with Crippen LogP contribution in [0.4, 0.5) is 9.59 Å². The summed E-state index contributed by atoms with van der Waals surface area (Å²) in [5.74, 6) is 0.197. The number of carbonyl (C=O) groups is 3. The molecule has 3 aliphatic heterocycles. The van der Waals surface area contributed by atoms with Gasteiger partial charge in [-0.25, -0.2) is 15.1 Å². The number of nitrogens with zero attached hydrogens (tertiary/aromatic N) is 4. The first kappa shape index (κ1) is 25.9. The summed E-state index contributed by atoms with van der Waals surface area (Å²) in [5.41, 5.74) is 2.92. The zero-order valence-electron chi connectivity index (χ0n) is 21.3. The van der Waals surface area contributed by atoms with E-state index in [0.29, 0.717) is 51.3 Å². The topological polar surface area (TPSA) is 113 Å². The van der Waals surface area contributed by atoms with Crippen LogP contribution in [0.25, 0.3) is 0 Å². The van der Waals surface area contributed by atoms with Crippen LogP contribution in [0.2, 0.25) is 0 Å². The van der Waals surface area contributed by atoms with Crippen molar-refractivity contribution in [3.63, 3.8) is 0 Å². The molecule has 196 valence electrons. The largest absolute Gasteiger partial charge is 0.442 e. The van der Waals surface area contributed by atoms with Crippen molar-refractivity contribution in [3.8, 4) is 0 Å². The second-order valence-electron chi connectivity index (χ2n) is 10.3. The van der Waals surface area contributed by atoms with Crippen molar-refractivity contribution in [1.29, 1.82) is 0 Å². The van der Waals surface area contributed by atoms with Gasteiger partial charge in [-0.15, -0.1) is 0 Å². The third-order valence-electron chi connectivity index (χ3n) is 6.41. The van der Waals surface area contributed by atoms with Gasteiger partial charge in [0.25, 0.3) is 5.91 Å². The Morgan fingerprint density at radius 3 is 2.58 bits per heavy atom. The van der Waals surface area contributed by atoms with Crippen LogP contribution in [0, 0.1) is 0 Å². The van der Waals surface area contributed by atoms with Gasteiger partial charge < -0.3 is 14.5 Å². The second kappa shape index (κ2) is 10.8. The Bertz CT molecular complexity index is 994. The number of urea groups is 1. The molecule has 1 aromatic rings. The van der Waals surface area contributed by atoms with Gasteiger partial charge in [0.2, 0.25) is 0 Å². The number of hydroxylamine groups is 3. The standard InChI is InChI=1S/C25H35N5O6/c1-17(26-23(32)35-25(2,3)4)28-13-12-20(15-28)36-27-22(31)21-11-10-19-14-29(21)24(33)30(19)34-16-18-8-6-5-7-9-18/h5-9,19-21H,10-16H2,1-4H3,(H,27,31)/t19-,20?,21+/m1/s1. The van der Waals surface area contributed by atoms with Gasteiger partial charge >= 0.3 is 12.1 Å². The van der Waals surface area contributed by atoms with Crippen molar-refractivity contribution >= 4 is 23.9 Å². The minimum absolute atomic E-state index is 0.0678. The van der Waals surface area contributed by atoms with E-state index in [9.17, 15) is 14.4 Å². The molecule has 3 fully saturated rings. The highest BCUT2D eigenvalue weighted by Crippen LogP contribution is 2.30. The molecule has 11 heteroatoms. The van der Waals surface area contributed by atoms with E-state index >= 15 is 0 Å². The Labute approximate surface area is 211 Å². The number of rotatable bonds is 6. The maximum atomic E-state index is 12.9. The number of fused-ring (bicyclic) bond motifs is 2. The summed E-state index contributed by atoms with van der Waals surface area (Å²) in [5, 5.41) is 1.41. The molecule has 0 radical (unpaired) electrons. The fourth-order valence-electron chi connectivity index (χ4n) is 4.60. The lowest BCUT2D eigenvalue weighted by molar-refractivity contribution is -0.143. The van der Waals surface area contributed by atoms with Crippen LogP contribution in [0.3, 0.4) is 0 Å². The van der Waals surface area contributed by atoms with E-state index in [1.54, 1.807) is 32.6 Å². The zero-order valence-corrected chi connectivity index (χ0v) is 21.3. The van der Waals surface area contributed by atoms with E-state index < -0.39 is 17.7 Å². The molecule has 1 aromatic carbocycles. The molecule has 4 amide bonds. The molecule has 11 nitrogen and oxygen atoms in total. The summed E-state index contributed by atoms with van der Waals surface area (Å²) in [7, 11) is 0. The number of carbonyl (C=O) groups excluding carboxylic acids is 3. The van der Waals surface area contributed by atoms with E-state index in [-0.39, 0.29) is 24.1 Å². The monoisotopic (exact) mass is 501 g/mol. The molecule has 2 bridgehead atoms. The summed E-state index contributed by atoms with van der Waals surface area (Å²) in [6.07, 6.45) is 0.985. The summed E-state index contributed by atoms with van der Waals surface area (Å²) < 4.78 is 5.23. The number of hydrogen-bond acceptors (Lipinski definition) is 6. The molecule has 3 saturated heterocycles. The molecular weight excluding hydrogens is 466 g/mol. The molecule has 3 heterocycles. The number of likely N-dealkylation sites (tertiary alicyclic amines) is 1. The first-order chi connectivity index (χ1) is 17.1. The molecule has 3 aliphatic rings. The Morgan fingerprint density at radius 2 is 1.86 bits per heavy atom. The summed E-state index contributed by atoms with van der Waals surface area (Å²) >= 11 is 0. The van der Waals surface area contributed by atoms with Crippen LogP contribution in [-0.4, -0.2) is 82.2 Å². The maximum absolute atomic E-state index is 12.9. The molecule has 0 aliphatic carbocycles. The first-order valence-corrected chi connectivity index (χ1v) is 12.4. The minimum atomic E-state index is -0.634. The number of benzene rings is 1. The predicted molar refractivity (Wildman–Crippen MR) is 131 cm³/mol. The van der Waals surface area contributed by atoms with Crippen molar-refractivity contribution in [3.05, 3.63) is 35.9 Å². The number of amidine groups is 1. The number of ether oxygens (including phenoxy) is 1. The molecule has 1 N–H and O–H groups in total. The van der Waals surface area contributed by atoms with E-state index in [0.717, 1.165) is 5.56 Å². The van der Waals surface area contributed by atoms with E-state index in [1.165, 1.54) is 5.06 Å². The van der Waals surface area contributed by atoms with Crippen LogP contribution in [0.5, 0.6) is 0 Å². The molecule has 1 unspecified atom stereocenters. The normalized spacial score (nSPS) is 24.3. The second-order valence-corrected chi connectivity index (χ2v) is 10.3. The van der Waals surface area contributed by atoms with E-state index in [2.05, 4.69) is 10.5 Å². The van der Waals surface area contributed by atoms with Crippen LogP contribution < -0.4 is 5.48 Å². The molecule has 0 aromatic heterocycles.